The molecule has 1 aliphatic rings. The normalized spacial score (nSPS) is 20.9. The minimum absolute atomic E-state index is 0.0893. The van der Waals surface area contributed by atoms with Crippen LogP contribution in [0.4, 0.5) is 23.4 Å². The number of hydrogen-bond donors (Lipinski definition) is 4. The summed E-state index contributed by atoms with van der Waals surface area (Å²) in [6, 6.07) is 1.54. The number of carbonyl (C=O) groups is 1. The van der Waals surface area contributed by atoms with Gasteiger partial charge in [-0.05, 0) is 36.6 Å². The van der Waals surface area contributed by atoms with Gasteiger partial charge in [-0.2, -0.15) is 18.3 Å². The van der Waals surface area contributed by atoms with E-state index in [-0.39, 0.29) is 22.5 Å². The highest BCUT2D eigenvalue weighted by molar-refractivity contribution is 6.07. The van der Waals surface area contributed by atoms with Crippen LogP contribution >= 0.6 is 0 Å². The molecule has 2 aromatic heterocycles. The number of aliphatic hydroxyl groups excluding tert-OH is 2. The van der Waals surface area contributed by atoms with Crippen molar-refractivity contribution in [2.75, 3.05) is 12.4 Å². The first-order valence-electron chi connectivity index (χ1n) is 9.99. The lowest BCUT2D eigenvalue weighted by atomic mass is 10.1. The van der Waals surface area contributed by atoms with Crippen LogP contribution in [0.5, 0.6) is 0 Å². The van der Waals surface area contributed by atoms with Gasteiger partial charge >= 0.3 is 6.18 Å². The second-order valence-corrected chi connectivity index (χ2v) is 7.87. The van der Waals surface area contributed by atoms with Gasteiger partial charge in [0.2, 0.25) is 0 Å². The maximum absolute atomic E-state index is 13.6. The van der Waals surface area contributed by atoms with Gasteiger partial charge in [0.05, 0.1) is 29.2 Å². The largest absolute Gasteiger partial charge is 0.416 e. The van der Waals surface area contributed by atoms with Crippen LogP contribution in [0.1, 0.15) is 34.5 Å². The van der Waals surface area contributed by atoms with Gasteiger partial charge in [0.1, 0.15) is 23.7 Å². The van der Waals surface area contributed by atoms with Gasteiger partial charge in [0.15, 0.2) is 5.65 Å². The van der Waals surface area contributed by atoms with Crippen LogP contribution in [-0.2, 0) is 12.7 Å². The van der Waals surface area contributed by atoms with Crippen molar-refractivity contribution in [2.45, 2.75) is 43.8 Å². The Balaban J connectivity index is 1.63. The Bertz CT molecular complexity index is 1180. The molecule has 13 heteroatoms. The standard InChI is InChI=1S/C20H20F4N6O3/c1-30(7-9-6-10(21)2-3-11(9)20(22,23)24)19(33)15-14-17(25-8-26-18(14)29-28-15)27-12-4-5-13(31)16(12)32/h2-3,6,8,12-13,16,31-32H,4-5,7H2,1H3,(H2,25,26,27,28,29)/t12-,13-,16+/m1/s1. The van der Waals surface area contributed by atoms with Crippen LogP contribution in [0, 0.1) is 5.82 Å². The Labute approximate surface area is 184 Å². The second-order valence-electron chi connectivity index (χ2n) is 7.87. The first-order valence-corrected chi connectivity index (χ1v) is 9.99. The van der Waals surface area contributed by atoms with E-state index in [9.17, 15) is 32.6 Å². The number of aromatic amines is 1. The molecule has 0 spiro atoms. The molecule has 1 fully saturated rings. The number of H-pyrrole nitrogens is 1. The molecule has 0 aliphatic heterocycles. The highest BCUT2D eigenvalue weighted by Crippen LogP contribution is 2.33. The van der Waals surface area contributed by atoms with Crippen LogP contribution in [0.3, 0.4) is 0 Å². The molecular weight excluding hydrogens is 448 g/mol. The highest BCUT2D eigenvalue weighted by Gasteiger charge is 2.35. The lowest BCUT2D eigenvalue weighted by Gasteiger charge is -2.21. The number of nitrogens with zero attached hydrogens (tertiary/aromatic N) is 4. The van der Waals surface area contributed by atoms with Crippen LogP contribution in [-0.4, -0.2) is 66.5 Å². The third kappa shape index (κ3) is 4.46. The monoisotopic (exact) mass is 468 g/mol. The number of amides is 1. The molecule has 0 saturated heterocycles. The summed E-state index contributed by atoms with van der Waals surface area (Å²) < 4.78 is 53.6. The van der Waals surface area contributed by atoms with Crippen molar-refractivity contribution in [1.29, 1.82) is 0 Å². The fourth-order valence-electron chi connectivity index (χ4n) is 3.90. The molecule has 4 rings (SSSR count). The number of hydrogen-bond acceptors (Lipinski definition) is 7. The van der Waals surface area contributed by atoms with Crippen molar-refractivity contribution in [1.82, 2.24) is 25.1 Å². The maximum atomic E-state index is 13.6. The third-order valence-corrected chi connectivity index (χ3v) is 5.59. The number of halogens is 4. The molecule has 33 heavy (non-hydrogen) atoms. The molecule has 4 N–H and O–H groups in total. The first-order chi connectivity index (χ1) is 15.6. The summed E-state index contributed by atoms with van der Waals surface area (Å²) in [6.07, 6.45) is -4.63. The number of alkyl halides is 3. The van der Waals surface area contributed by atoms with Gasteiger partial charge < -0.3 is 20.4 Å². The predicted octanol–water partition coefficient (Wildman–Crippen LogP) is 2.08. The van der Waals surface area contributed by atoms with Crippen LogP contribution in [0.25, 0.3) is 11.0 Å². The van der Waals surface area contributed by atoms with Crippen molar-refractivity contribution in [3.05, 3.63) is 47.2 Å². The number of aromatic nitrogens is 4. The minimum atomic E-state index is -4.72. The lowest BCUT2D eigenvalue weighted by Crippen LogP contribution is -2.34. The van der Waals surface area contributed by atoms with Gasteiger partial charge in [-0.1, -0.05) is 0 Å². The van der Waals surface area contributed by atoms with E-state index in [1.807, 2.05) is 0 Å². The zero-order valence-corrected chi connectivity index (χ0v) is 17.3. The Morgan fingerprint density at radius 3 is 2.70 bits per heavy atom. The molecule has 3 aromatic rings. The van der Waals surface area contributed by atoms with Crippen molar-refractivity contribution < 1.29 is 32.6 Å². The number of nitrogens with one attached hydrogen (secondary N) is 2. The Hall–Kier alpha value is -3.32. The molecule has 0 bridgehead atoms. The molecule has 176 valence electrons. The zero-order valence-electron chi connectivity index (χ0n) is 17.3. The quantitative estimate of drug-likeness (QED) is 0.422. The Morgan fingerprint density at radius 1 is 1.27 bits per heavy atom. The summed E-state index contributed by atoms with van der Waals surface area (Å²) in [5.74, 6) is -1.41. The molecule has 1 aliphatic carbocycles. The van der Waals surface area contributed by atoms with E-state index in [0.29, 0.717) is 25.0 Å². The van der Waals surface area contributed by atoms with Crippen LogP contribution in [0.2, 0.25) is 0 Å². The fraction of sp³-hybridized carbons (Fsp3) is 0.400. The molecule has 9 nitrogen and oxygen atoms in total. The summed E-state index contributed by atoms with van der Waals surface area (Å²) >= 11 is 0. The summed E-state index contributed by atoms with van der Waals surface area (Å²) in [4.78, 5) is 22.2. The first kappa shape index (κ1) is 22.9. The van der Waals surface area contributed by atoms with Crippen molar-refractivity contribution >= 4 is 22.8 Å². The second kappa shape index (κ2) is 8.56. The maximum Gasteiger partial charge on any atom is 0.416 e. The fourth-order valence-corrected chi connectivity index (χ4v) is 3.90. The minimum Gasteiger partial charge on any atom is -0.390 e. The summed E-state index contributed by atoms with van der Waals surface area (Å²) in [5, 5.41) is 29.5. The van der Waals surface area contributed by atoms with E-state index in [1.54, 1.807) is 0 Å². The van der Waals surface area contributed by atoms with Crippen molar-refractivity contribution in [3.8, 4) is 0 Å². The topological polar surface area (TPSA) is 127 Å². The molecule has 1 saturated carbocycles. The number of benzene rings is 1. The van der Waals surface area contributed by atoms with E-state index < -0.39 is 53.8 Å². The van der Waals surface area contributed by atoms with E-state index in [0.717, 1.165) is 11.0 Å². The van der Waals surface area contributed by atoms with E-state index in [4.69, 9.17) is 0 Å². The summed E-state index contributed by atoms with van der Waals surface area (Å²) in [7, 11) is 1.27. The van der Waals surface area contributed by atoms with Gasteiger partial charge in [0.25, 0.3) is 5.91 Å². The number of aliphatic hydroxyl groups is 2. The summed E-state index contributed by atoms with van der Waals surface area (Å²) in [6.45, 7) is -0.518. The Kier molecular flexibility index (Phi) is 5.93. The van der Waals surface area contributed by atoms with Crippen molar-refractivity contribution in [3.63, 3.8) is 0 Å². The molecule has 0 radical (unpaired) electrons. The van der Waals surface area contributed by atoms with E-state index in [1.165, 1.54) is 13.4 Å². The SMILES string of the molecule is CN(Cc1cc(F)ccc1C(F)(F)F)C(=O)c1[nH]nc2ncnc(N[C@@H]3CC[C@@H](O)[C@H]3O)c12. The molecule has 1 amide bonds. The molecule has 1 aromatic carbocycles. The van der Waals surface area contributed by atoms with E-state index in [2.05, 4.69) is 25.5 Å². The van der Waals surface area contributed by atoms with E-state index >= 15 is 0 Å². The van der Waals surface area contributed by atoms with Crippen LogP contribution in [0.15, 0.2) is 24.5 Å². The van der Waals surface area contributed by atoms with Gasteiger partial charge in [0, 0.05) is 13.6 Å². The molecule has 3 atom stereocenters. The Morgan fingerprint density at radius 2 is 2.03 bits per heavy atom. The number of carbonyl (C=O) groups excluding carboxylic acids is 1. The van der Waals surface area contributed by atoms with Gasteiger partial charge in [-0.15, -0.1) is 0 Å². The number of anilines is 1. The molecule has 0 unspecified atom stereocenters. The molecule has 2 heterocycles. The average molecular weight is 468 g/mol. The third-order valence-electron chi connectivity index (χ3n) is 5.59. The number of fused-ring (bicyclic) bond motifs is 1. The van der Waals surface area contributed by atoms with Gasteiger partial charge in [-0.3, -0.25) is 9.89 Å². The predicted molar refractivity (Wildman–Crippen MR) is 108 cm³/mol. The lowest BCUT2D eigenvalue weighted by molar-refractivity contribution is -0.138. The average Bonchev–Trinajstić information content (AvgIpc) is 3.32. The summed E-state index contributed by atoms with van der Waals surface area (Å²) in [5.41, 5.74) is -1.41. The van der Waals surface area contributed by atoms with Gasteiger partial charge in [-0.25, -0.2) is 14.4 Å². The highest BCUT2D eigenvalue weighted by atomic mass is 19.4. The van der Waals surface area contributed by atoms with Crippen molar-refractivity contribution in [2.24, 2.45) is 0 Å². The zero-order chi connectivity index (χ0) is 23.9. The molecular formula is C20H20F4N6O3. The smallest absolute Gasteiger partial charge is 0.390 e. The van der Waals surface area contributed by atoms with Crippen LogP contribution < -0.4 is 5.32 Å². The number of rotatable bonds is 5.